The second-order valence-corrected chi connectivity index (χ2v) is 7.29. The van der Waals surface area contributed by atoms with Crippen molar-refractivity contribution < 1.29 is 14.0 Å². The van der Waals surface area contributed by atoms with Crippen molar-refractivity contribution >= 4 is 17.5 Å². The molecule has 0 spiro atoms. The first-order valence-electron chi connectivity index (χ1n) is 9.94. The number of furan rings is 1. The lowest BCUT2D eigenvalue weighted by atomic mass is 10.0. The van der Waals surface area contributed by atoms with Gasteiger partial charge in [0, 0.05) is 5.69 Å². The highest BCUT2D eigenvalue weighted by Crippen LogP contribution is 2.17. The molecular weight excluding hydrogens is 378 g/mol. The summed E-state index contributed by atoms with van der Waals surface area (Å²) in [6.07, 6.45) is 1.56. The molecule has 0 aliphatic carbocycles. The number of hydrogen-bond acceptors (Lipinski definition) is 4. The van der Waals surface area contributed by atoms with E-state index in [1.165, 1.54) is 11.1 Å². The Balaban J connectivity index is 1.56. The largest absolute Gasteiger partial charge is 0.467 e. The molecule has 1 heterocycles. The summed E-state index contributed by atoms with van der Waals surface area (Å²) in [6.45, 7) is 6.45. The van der Waals surface area contributed by atoms with Crippen LogP contribution in [0.5, 0.6) is 0 Å². The van der Waals surface area contributed by atoms with Crippen molar-refractivity contribution in [3.05, 3.63) is 88.9 Å². The van der Waals surface area contributed by atoms with Crippen LogP contribution in [0.3, 0.4) is 0 Å². The molecule has 0 fully saturated rings. The minimum atomic E-state index is -0.238. The number of anilines is 1. The molecule has 2 aromatic carbocycles. The van der Waals surface area contributed by atoms with Gasteiger partial charge in [-0.05, 0) is 61.7 Å². The monoisotopic (exact) mass is 405 g/mol. The first-order chi connectivity index (χ1) is 14.4. The molecule has 3 rings (SSSR count). The number of aryl methyl sites for hydroxylation is 2. The third-order valence-corrected chi connectivity index (χ3v) is 5.02. The van der Waals surface area contributed by atoms with Crippen LogP contribution in [-0.4, -0.2) is 18.4 Å². The molecule has 0 bridgehead atoms. The average molecular weight is 405 g/mol. The van der Waals surface area contributed by atoms with E-state index >= 15 is 0 Å². The van der Waals surface area contributed by atoms with E-state index in [1.54, 1.807) is 36.6 Å². The first-order valence-corrected chi connectivity index (χ1v) is 9.94. The lowest BCUT2D eigenvalue weighted by Gasteiger charge is -2.17. The second kappa shape index (κ2) is 9.78. The van der Waals surface area contributed by atoms with Gasteiger partial charge < -0.3 is 20.4 Å². The van der Waals surface area contributed by atoms with Crippen LogP contribution in [0, 0.1) is 13.8 Å². The number of amides is 2. The van der Waals surface area contributed by atoms with Crippen molar-refractivity contribution in [1.29, 1.82) is 0 Å². The molecule has 1 aromatic heterocycles. The van der Waals surface area contributed by atoms with Gasteiger partial charge in [-0.15, -0.1) is 0 Å². The molecule has 0 saturated carbocycles. The molecule has 1 unspecified atom stereocenters. The van der Waals surface area contributed by atoms with Gasteiger partial charge in [-0.3, -0.25) is 9.59 Å². The van der Waals surface area contributed by atoms with E-state index in [9.17, 15) is 9.59 Å². The van der Waals surface area contributed by atoms with E-state index in [2.05, 4.69) is 41.9 Å². The Kier molecular flexibility index (Phi) is 6.91. The van der Waals surface area contributed by atoms with E-state index in [0.717, 1.165) is 5.56 Å². The Morgan fingerprint density at radius 1 is 1.00 bits per heavy atom. The fourth-order valence-corrected chi connectivity index (χ4v) is 3.10. The highest BCUT2D eigenvalue weighted by molar-refractivity contribution is 6.00. The Morgan fingerprint density at radius 3 is 2.53 bits per heavy atom. The molecular formula is C24H27N3O3. The zero-order valence-electron chi connectivity index (χ0n) is 17.5. The predicted octanol–water partition coefficient (Wildman–Crippen LogP) is 4.12. The number of carbonyl (C=O) groups is 2. The quantitative estimate of drug-likeness (QED) is 0.527. The minimum Gasteiger partial charge on any atom is -0.467 e. The van der Waals surface area contributed by atoms with E-state index in [-0.39, 0.29) is 24.4 Å². The van der Waals surface area contributed by atoms with E-state index in [1.807, 2.05) is 19.1 Å². The predicted molar refractivity (Wildman–Crippen MR) is 117 cm³/mol. The summed E-state index contributed by atoms with van der Waals surface area (Å²) in [4.78, 5) is 25.0. The van der Waals surface area contributed by atoms with Crippen LogP contribution >= 0.6 is 0 Å². The zero-order valence-corrected chi connectivity index (χ0v) is 17.5. The first kappa shape index (κ1) is 21.2. The smallest absolute Gasteiger partial charge is 0.253 e. The van der Waals surface area contributed by atoms with Crippen LogP contribution in [0.1, 0.15) is 45.8 Å². The lowest BCUT2D eigenvalue weighted by Crippen LogP contribution is -2.32. The third kappa shape index (κ3) is 5.50. The summed E-state index contributed by atoms with van der Waals surface area (Å²) in [7, 11) is 0. The molecule has 6 heteroatoms. The van der Waals surface area contributed by atoms with Gasteiger partial charge in [-0.25, -0.2) is 0 Å². The standard InChI is InChI=1S/C24H27N3O3/c1-16-10-11-19(13-17(16)2)18(3)27-23(28)15-25-22-9-5-4-8-21(22)24(29)26-14-20-7-6-12-30-20/h4-13,18,25H,14-15H2,1-3H3,(H,26,29)(H,27,28). The molecule has 1 atom stereocenters. The normalized spacial score (nSPS) is 11.6. The van der Waals surface area contributed by atoms with Crippen LogP contribution in [-0.2, 0) is 11.3 Å². The summed E-state index contributed by atoms with van der Waals surface area (Å²) < 4.78 is 5.23. The number of para-hydroxylation sites is 1. The molecule has 0 saturated heterocycles. The number of nitrogens with one attached hydrogen (secondary N) is 3. The van der Waals surface area contributed by atoms with Gasteiger partial charge in [0.1, 0.15) is 5.76 Å². The van der Waals surface area contributed by atoms with Crippen molar-refractivity contribution in [2.45, 2.75) is 33.4 Å². The molecule has 3 N–H and O–H groups in total. The second-order valence-electron chi connectivity index (χ2n) is 7.29. The number of rotatable bonds is 8. The fourth-order valence-electron chi connectivity index (χ4n) is 3.10. The van der Waals surface area contributed by atoms with Gasteiger partial charge in [0.05, 0.1) is 31.0 Å². The molecule has 6 nitrogen and oxygen atoms in total. The summed E-state index contributed by atoms with van der Waals surface area (Å²) in [6, 6.07) is 16.7. The number of hydrogen-bond donors (Lipinski definition) is 3. The van der Waals surface area contributed by atoms with Gasteiger partial charge in [-0.1, -0.05) is 30.3 Å². The summed E-state index contributed by atoms with van der Waals surface area (Å²) in [5.41, 5.74) is 4.55. The molecule has 156 valence electrons. The van der Waals surface area contributed by atoms with E-state index in [0.29, 0.717) is 23.6 Å². The van der Waals surface area contributed by atoms with Crippen molar-refractivity contribution in [3.63, 3.8) is 0 Å². The van der Waals surface area contributed by atoms with Gasteiger partial charge in [0.15, 0.2) is 0 Å². The maximum Gasteiger partial charge on any atom is 0.253 e. The lowest BCUT2D eigenvalue weighted by molar-refractivity contribution is -0.120. The van der Waals surface area contributed by atoms with Crippen molar-refractivity contribution in [1.82, 2.24) is 10.6 Å². The van der Waals surface area contributed by atoms with Gasteiger partial charge in [0.25, 0.3) is 5.91 Å². The van der Waals surface area contributed by atoms with E-state index in [4.69, 9.17) is 4.42 Å². The van der Waals surface area contributed by atoms with Crippen molar-refractivity contribution in [2.75, 3.05) is 11.9 Å². The molecule has 0 aliphatic heterocycles. The maximum atomic E-state index is 12.5. The molecule has 30 heavy (non-hydrogen) atoms. The topological polar surface area (TPSA) is 83.4 Å². The molecule has 3 aromatic rings. The Hall–Kier alpha value is -3.54. The molecule has 0 aliphatic rings. The summed E-state index contributed by atoms with van der Waals surface area (Å²) in [5.74, 6) is 0.290. The molecule has 2 amide bonds. The zero-order chi connectivity index (χ0) is 21.5. The van der Waals surface area contributed by atoms with Crippen LogP contribution in [0.4, 0.5) is 5.69 Å². The molecule has 0 radical (unpaired) electrons. The van der Waals surface area contributed by atoms with Gasteiger partial charge >= 0.3 is 0 Å². The van der Waals surface area contributed by atoms with Crippen LogP contribution < -0.4 is 16.0 Å². The number of benzene rings is 2. The average Bonchev–Trinajstić information content (AvgIpc) is 3.26. The van der Waals surface area contributed by atoms with Crippen LogP contribution in [0.2, 0.25) is 0 Å². The summed E-state index contributed by atoms with van der Waals surface area (Å²) in [5, 5.41) is 8.88. The SMILES string of the molecule is Cc1ccc(C(C)NC(=O)CNc2ccccc2C(=O)NCc2ccco2)cc1C. The fraction of sp³-hybridized carbons (Fsp3) is 0.250. The Morgan fingerprint density at radius 2 is 1.80 bits per heavy atom. The highest BCUT2D eigenvalue weighted by Gasteiger charge is 2.14. The van der Waals surface area contributed by atoms with Crippen molar-refractivity contribution in [3.8, 4) is 0 Å². The third-order valence-electron chi connectivity index (χ3n) is 5.02. The van der Waals surface area contributed by atoms with E-state index < -0.39 is 0 Å². The maximum absolute atomic E-state index is 12.5. The van der Waals surface area contributed by atoms with Crippen LogP contribution in [0.25, 0.3) is 0 Å². The van der Waals surface area contributed by atoms with Crippen molar-refractivity contribution in [2.24, 2.45) is 0 Å². The Labute approximate surface area is 176 Å². The minimum absolute atomic E-state index is 0.0671. The van der Waals surface area contributed by atoms with Crippen LogP contribution in [0.15, 0.2) is 65.3 Å². The van der Waals surface area contributed by atoms with Gasteiger partial charge in [0.2, 0.25) is 5.91 Å². The number of carbonyl (C=O) groups excluding carboxylic acids is 2. The summed E-state index contributed by atoms with van der Waals surface area (Å²) >= 11 is 0. The Bertz CT molecular complexity index is 1010. The highest BCUT2D eigenvalue weighted by atomic mass is 16.3. The van der Waals surface area contributed by atoms with Gasteiger partial charge in [-0.2, -0.15) is 0 Å².